The summed E-state index contributed by atoms with van der Waals surface area (Å²) in [5, 5.41) is 0. The van der Waals surface area contributed by atoms with Crippen molar-refractivity contribution in [3.8, 4) is 0 Å². The van der Waals surface area contributed by atoms with Crippen LogP contribution in [0.15, 0.2) is 0 Å². The highest BCUT2D eigenvalue weighted by Crippen LogP contribution is 1.62. The summed E-state index contributed by atoms with van der Waals surface area (Å²) in [4.78, 5) is 15.4. The Morgan fingerprint density at radius 2 is 0.923 bits per heavy atom. The van der Waals surface area contributed by atoms with Crippen molar-refractivity contribution in [1.82, 2.24) is 0 Å². The lowest BCUT2D eigenvalue weighted by molar-refractivity contribution is 0.275. The van der Waals surface area contributed by atoms with E-state index in [2.05, 4.69) is 4.12 Å². The molecule has 0 saturated heterocycles. The zero-order valence-electron chi connectivity index (χ0n) is 6.27. The molecule has 0 aromatic heterocycles. The lowest BCUT2D eigenvalue weighted by Gasteiger charge is -1.82. The second-order valence-electron chi connectivity index (χ2n) is 0.634. The van der Waals surface area contributed by atoms with Gasteiger partial charge in [0.2, 0.25) is 0 Å². The zero-order valence-corrected chi connectivity index (χ0v) is 10.6. The quantitative estimate of drug-likeness (QED) is 0.464. The van der Waals surface area contributed by atoms with Gasteiger partial charge in [-0.25, -0.2) is 0 Å². The van der Waals surface area contributed by atoms with E-state index in [1.165, 1.54) is 0 Å². The van der Waals surface area contributed by atoms with Gasteiger partial charge in [0.05, 0.1) is 0 Å². The topological polar surface area (TPSA) is 210 Å². The Balaban J connectivity index is -0.0000000120. The molecule has 10 N–H and O–H groups in total. The third kappa shape index (κ3) is 70.1. The maximum absolute atomic E-state index is 9.44. The second kappa shape index (κ2) is 29.5. The first-order valence-electron chi connectivity index (χ1n) is 1.26. The summed E-state index contributed by atoms with van der Waals surface area (Å²) in [5.41, 5.74) is 0. The van der Waals surface area contributed by atoms with Crippen LogP contribution >= 0.6 is 0 Å². The second-order valence-corrected chi connectivity index (χ2v) is 2.51. The van der Waals surface area contributed by atoms with Crippen LogP contribution in [0.4, 0.5) is 0 Å². The molecule has 0 unspecified atom stereocenters. The standard InChI is InChI=1S/2Al.H2O5Si2.4H2O/c;;1-6(2)5-7(3)4;;;;/h;;1,3H;4*1H2. The normalized spacial score (nSPS) is 4.00. The molecule has 13 heavy (non-hydrogen) atoms. The summed E-state index contributed by atoms with van der Waals surface area (Å²) in [6.07, 6.45) is 0. The van der Waals surface area contributed by atoms with Gasteiger partial charge >= 0.3 is 18.3 Å². The van der Waals surface area contributed by atoms with E-state index in [0.29, 0.717) is 0 Å². The van der Waals surface area contributed by atoms with Crippen LogP contribution in [-0.4, -0.2) is 84.6 Å². The van der Waals surface area contributed by atoms with Crippen molar-refractivity contribution in [3.63, 3.8) is 0 Å². The molecule has 0 aromatic carbocycles. The van der Waals surface area contributed by atoms with Crippen LogP contribution in [-0.2, 0) is 13.0 Å². The first-order chi connectivity index (χ1) is 3.13. The molecule has 0 aromatic rings. The molecule has 0 saturated carbocycles. The van der Waals surface area contributed by atoms with E-state index in [1.54, 1.807) is 0 Å². The third-order valence-corrected chi connectivity index (χ3v) is 1.57. The van der Waals surface area contributed by atoms with Gasteiger partial charge < -0.3 is 35.6 Å². The van der Waals surface area contributed by atoms with Gasteiger partial charge in [0.25, 0.3) is 0 Å². The number of hydrogen-bond donors (Lipinski definition) is 2. The Hall–Kier alpha value is 0.339. The zero-order chi connectivity index (χ0) is 5.86. The van der Waals surface area contributed by atoms with E-state index < -0.39 is 18.3 Å². The lowest BCUT2D eigenvalue weighted by atomic mass is 15.7. The van der Waals surface area contributed by atoms with Crippen LogP contribution in [0.3, 0.4) is 0 Å². The predicted molar refractivity (Wildman–Crippen MR) is 44.4 cm³/mol. The molecule has 0 fully saturated rings. The summed E-state index contributed by atoms with van der Waals surface area (Å²) in [6, 6.07) is 0. The Bertz CT molecular complexity index is 91.8. The van der Waals surface area contributed by atoms with Gasteiger partial charge in [0.1, 0.15) is 0 Å². The molecule has 0 aliphatic heterocycles. The maximum atomic E-state index is 9.44. The molecule has 13 heteroatoms. The van der Waals surface area contributed by atoms with Crippen molar-refractivity contribution >= 4 is 53.1 Å². The van der Waals surface area contributed by atoms with E-state index in [-0.39, 0.29) is 56.6 Å². The first kappa shape index (κ1) is 50.5. The molecule has 0 amide bonds. The smallest absolute Gasteiger partial charge is 0.512 e. The fourth-order valence-corrected chi connectivity index (χ4v) is 0.672. The predicted octanol–water partition coefficient (Wildman–Crippen LogP) is -6.24. The van der Waals surface area contributed by atoms with E-state index in [9.17, 15) is 8.92 Å². The van der Waals surface area contributed by atoms with E-state index in [4.69, 9.17) is 9.59 Å². The fraction of sp³-hybridized carbons (Fsp3) is 0. The third-order valence-electron chi connectivity index (χ3n) is 0.175. The average molecular weight is 264 g/mol. The summed E-state index contributed by atoms with van der Waals surface area (Å²) < 4.78 is 22.3. The SMILES string of the molecule is O.O.O.O.O=[Si](O)O[Si](=O)O.[Al].[Al]. The Labute approximate surface area is 97.6 Å². The highest BCUT2D eigenvalue weighted by atomic mass is 28.4. The molecule has 0 aliphatic carbocycles. The highest BCUT2D eigenvalue weighted by Gasteiger charge is 2.12. The van der Waals surface area contributed by atoms with Crippen molar-refractivity contribution in [2.45, 2.75) is 0 Å². The van der Waals surface area contributed by atoms with Crippen molar-refractivity contribution in [1.29, 1.82) is 0 Å². The van der Waals surface area contributed by atoms with Gasteiger partial charge in [0, 0.05) is 34.7 Å². The van der Waals surface area contributed by atoms with Crippen LogP contribution in [0.2, 0.25) is 0 Å². The van der Waals surface area contributed by atoms with E-state index in [0.717, 1.165) is 0 Å². The Morgan fingerprint density at radius 1 is 0.769 bits per heavy atom. The minimum atomic E-state index is -3.20. The lowest BCUT2D eigenvalue weighted by Crippen LogP contribution is -2.14. The van der Waals surface area contributed by atoms with Gasteiger partial charge in [-0.2, -0.15) is 0 Å². The molecule has 0 atom stereocenters. The summed E-state index contributed by atoms with van der Waals surface area (Å²) in [6.45, 7) is 0. The van der Waals surface area contributed by atoms with Gasteiger partial charge in [-0.1, -0.05) is 0 Å². The molecular weight excluding hydrogens is 254 g/mol. The van der Waals surface area contributed by atoms with Crippen LogP contribution in [0.5, 0.6) is 0 Å². The molecule has 9 nitrogen and oxygen atoms in total. The summed E-state index contributed by atoms with van der Waals surface area (Å²) in [7, 11) is -6.40. The van der Waals surface area contributed by atoms with E-state index in [1.807, 2.05) is 0 Å². The Morgan fingerprint density at radius 3 is 0.923 bits per heavy atom. The first-order valence-corrected chi connectivity index (χ1v) is 3.79. The van der Waals surface area contributed by atoms with Gasteiger partial charge in [0.15, 0.2) is 0 Å². The van der Waals surface area contributed by atoms with Crippen LogP contribution in [0.1, 0.15) is 0 Å². The van der Waals surface area contributed by atoms with E-state index >= 15 is 0 Å². The minimum Gasteiger partial charge on any atom is -0.512 e. The number of hydrogen-bond acceptors (Lipinski definition) is 3. The minimum absolute atomic E-state index is 0. The van der Waals surface area contributed by atoms with Crippen LogP contribution < -0.4 is 0 Å². The molecule has 0 heterocycles. The fourth-order valence-electron chi connectivity index (χ4n) is 0.0747. The van der Waals surface area contributed by atoms with Crippen molar-refractivity contribution in [3.05, 3.63) is 0 Å². The highest BCUT2D eigenvalue weighted by molar-refractivity contribution is 6.40. The van der Waals surface area contributed by atoms with Crippen LogP contribution in [0.25, 0.3) is 0 Å². The van der Waals surface area contributed by atoms with Crippen molar-refractivity contribution < 1.29 is 44.5 Å². The molecule has 6 radical (unpaired) electrons. The molecule has 0 aliphatic rings. The number of rotatable bonds is 2. The summed E-state index contributed by atoms with van der Waals surface area (Å²) in [5.74, 6) is 0. The monoisotopic (exact) mass is 264 g/mol. The molecule has 0 bridgehead atoms. The van der Waals surface area contributed by atoms with Crippen LogP contribution in [0, 0.1) is 0 Å². The largest absolute Gasteiger partial charge is 0.759 e. The molecule has 0 spiro atoms. The Kier molecular flexibility index (Phi) is 115. The van der Waals surface area contributed by atoms with Gasteiger partial charge in [-0.3, -0.25) is 8.92 Å². The van der Waals surface area contributed by atoms with Gasteiger partial charge in [-0.15, -0.1) is 0 Å². The van der Waals surface area contributed by atoms with Crippen molar-refractivity contribution in [2.24, 2.45) is 0 Å². The summed E-state index contributed by atoms with van der Waals surface area (Å²) >= 11 is 0. The average Bonchev–Trinajstić information content (AvgIpc) is 1.27. The molecular formula is H10Al2O9Si2. The molecule has 78 valence electrons. The van der Waals surface area contributed by atoms with Gasteiger partial charge in [-0.05, 0) is 0 Å². The maximum Gasteiger partial charge on any atom is 0.759 e. The van der Waals surface area contributed by atoms with Crippen molar-refractivity contribution in [2.75, 3.05) is 0 Å². The molecule has 0 rings (SSSR count).